The summed E-state index contributed by atoms with van der Waals surface area (Å²) in [7, 11) is 0. The molecule has 1 aliphatic rings. The van der Waals surface area contributed by atoms with E-state index < -0.39 is 5.60 Å². The Labute approximate surface area is 132 Å². The minimum Gasteiger partial charge on any atom is -0.390 e. The quantitative estimate of drug-likeness (QED) is 0.883. The van der Waals surface area contributed by atoms with Gasteiger partial charge in [0, 0.05) is 13.1 Å². The molecule has 0 aliphatic carbocycles. The van der Waals surface area contributed by atoms with Crippen LogP contribution in [0, 0.1) is 0 Å². The molecule has 1 aliphatic heterocycles. The van der Waals surface area contributed by atoms with E-state index in [1.54, 1.807) is 11.3 Å². The molecule has 0 bridgehead atoms. The predicted molar refractivity (Wildman–Crippen MR) is 86.8 cm³/mol. The molecule has 0 unspecified atom stereocenters. The fourth-order valence-electron chi connectivity index (χ4n) is 2.37. The molecule has 4 nitrogen and oxygen atoms in total. The van der Waals surface area contributed by atoms with Gasteiger partial charge in [0.15, 0.2) is 4.34 Å². The lowest BCUT2D eigenvalue weighted by Crippen LogP contribution is -2.45. The largest absolute Gasteiger partial charge is 0.390 e. The zero-order valence-corrected chi connectivity index (χ0v) is 13.5. The lowest BCUT2D eigenvalue weighted by molar-refractivity contribution is -0.132. The fourth-order valence-corrected chi connectivity index (χ4v) is 4.34. The Bertz CT molecular complexity index is 611. The third kappa shape index (κ3) is 3.56. The van der Waals surface area contributed by atoms with Crippen LogP contribution in [0.5, 0.6) is 0 Å². The molecular formula is C15H18N2O2S2. The first kappa shape index (κ1) is 14.8. The Morgan fingerprint density at radius 3 is 2.86 bits per heavy atom. The molecule has 2 heterocycles. The molecule has 0 spiro atoms. The number of hydrogen-bond donors (Lipinski definition) is 1. The van der Waals surface area contributed by atoms with E-state index in [2.05, 4.69) is 4.98 Å². The van der Waals surface area contributed by atoms with Crippen molar-refractivity contribution in [1.82, 2.24) is 9.88 Å². The minimum atomic E-state index is -0.614. The summed E-state index contributed by atoms with van der Waals surface area (Å²) in [5, 5.41) is 9.91. The highest BCUT2D eigenvalue weighted by molar-refractivity contribution is 8.01. The number of rotatable bonds is 3. The highest BCUT2D eigenvalue weighted by Gasteiger charge is 2.29. The van der Waals surface area contributed by atoms with Gasteiger partial charge in [0.25, 0.3) is 0 Å². The predicted octanol–water partition coefficient (Wildman–Crippen LogP) is 2.76. The number of benzene rings is 1. The number of hydrogen-bond acceptors (Lipinski definition) is 5. The van der Waals surface area contributed by atoms with Gasteiger partial charge in [-0.15, -0.1) is 11.3 Å². The van der Waals surface area contributed by atoms with Gasteiger partial charge in [0.2, 0.25) is 5.91 Å². The van der Waals surface area contributed by atoms with Crippen molar-refractivity contribution in [2.75, 3.05) is 18.8 Å². The smallest absolute Gasteiger partial charge is 0.233 e. The summed E-state index contributed by atoms with van der Waals surface area (Å²) in [6, 6.07) is 8.01. The van der Waals surface area contributed by atoms with E-state index in [9.17, 15) is 9.90 Å². The van der Waals surface area contributed by atoms with Crippen LogP contribution < -0.4 is 0 Å². The fraction of sp³-hybridized carbons (Fsp3) is 0.467. The molecule has 112 valence electrons. The van der Waals surface area contributed by atoms with E-state index in [4.69, 9.17) is 0 Å². The monoisotopic (exact) mass is 322 g/mol. The number of thioether (sulfide) groups is 1. The number of likely N-dealkylation sites (tertiary alicyclic amines) is 1. The first-order valence-corrected chi connectivity index (χ1v) is 8.82. The van der Waals surface area contributed by atoms with Crippen molar-refractivity contribution in [3.63, 3.8) is 0 Å². The van der Waals surface area contributed by atoms with E-state index in [1.165, 1.54) is 11.8 Å². The van der Waals surface area contributed by atoms with Gasteiger partial charge in [0.1, 0.15) is 0 Å². The van der Waals surface area contributed by atoms with Crippen LogP contribution in [-0.4, -0.2) is 45.3 Å². The zero-order valence-electron chi connectivity index (χ0n) is 11.9. The van der Waals surface area contributed by atoms with Crippen molar-refractivity contribution in [2.24, 2.45) is 0 Å². The standard InChI is InChI=1S/C15H18N2O2S2/c1-15(19)6-8-17(9-7-15)13(18)10-20-14-16-11-4-2-3-5-12(11)21-14/h2-5,19H,6-10H2,1H3. The highest BCUT2D eigenvalue weighted by Crippen LogP contribution is 2.30. The molecule has 2 aromatic rings. The van der Waals surface area contributed by atoms with Crippen LogP contribution in [0.1, 0.15) is 19.8 Å². The van der Waals surface area contributed by atoms with Crippen LogP contribution in [0.3, 0.4) is 0 Å². The number of fused-ring (bicyclic) bond motifs is 1. The third-order valence-corrected chi connectivity index (χ3v) is 5.95. The number of nitrogens with zero attached hydrogens (tertiary/aromatic N) is 2. The van der Waals surface area contributed by atoms with Crippen molar-refractivity contribution in [1.29, 1.82) is 0 Å². The lowest BCUT2D eigenvalue weighted by atomic mass is 9.94. The van der Waals surface area contributed by atoms with E-state index in [0.29, 0.717) is 31.7 Å². The third-order valence-electron chi connectivity index (χ3n) is 3.79. The lowest BCUT2D eigenvalue weighted by Gasteiger charge is -2.35. The summed E-state index contributed by atoms with van der Waals surface area (Å²) in [5.41, 5.74) is 0.378. The van der Waals surface area contributed by atoms with Crippen LogP contribution in [0.15, 0.2) is 28.6 Å². The van der Waals surface area contributed by atoms with Gasteiger partial charge in [-0.25, -0.2) is 4.98 Å². The van der Waals surface area contributed by atoms with E-state index in [0.717, 1.165) is 14.6 Å². The van der Waals surface area contributed by atoms with Crippen molar-refractivity contribution in [2.45, 2.75) is 29.7 Å². The SMILES string of the molecule is CC1(O)CCN(C(=O)CSc2nc3ccccc3s2)CC1. The minimum absolute atomic E-state index is 0.134. The zero-order chi connectivity index (χ0) is 14.9. The molecular weight excluding hydrogens is 304 g/mol. The molecule has 0 radical (unpaired) electrons. The van der Waals surface area contributed by atoms with Gasteiger partial charge < -0.3 is 10.0 Å². The molecule has 1 aromatic carbocycles. The number of thiazole rings is 1. The molecule has 0 saturated carbocycles. The summed E-state index contributed by atoms with van der Waals surface area (Å²) in [6.45, 7) is 3.13. The average Bonchev–Trinajstić information content (AvgIpc) is 2.87. The van der Waals surface area contributed by atoms with Gasteiger partial charge in [-0.3, -0.25) is 4.79 Å². The molecule has 21 heavy (non-hydrogen) atoms. The second kappa shape index (κ2) is 5.94. The van der Waals surface area contributed by atoms with Crippen LogP contribution >= 0.6 is 23.1 Å². The summed E-state index contributed by atoms with van der Waals surface area (Å²) in [4.78, 5) is 18.6. The molecule has 3 rings (SSSR count). The van der Waals surface area contributed by atoms with Crippen LogP contribution in [0.2, 0.25) is 0 Å². The first-order chi connectivity index (χ1) is 10.0. The average molecular weight is 322 g/mol. The van der Waals surface area contributed by atoms with Gasteiger partial charge in [-0.05, 0) is 31.9 Å². The summed E-state index contributed by atoms with van der Waals surface area (Å²) < 4.78 is 2.09. The summed E-state index contributed by atoms with van der Waals surface area (Å²) in [6.07, 6.45) is 1.31. The highest BCUT2D eigenvalue weighted by atomic mass is 32.2. The van der Waals surface area contributed by atoms with Gasteiger partial charge >= 0.3 is 0 Å². The summed E-state index contributed by atoms with van der Waals surface area (Å²) >= 11 is 3.13. The van der Waals surface area contributed by atoms with Crippen LogP contribution in [0.4, 0.5) is 0 Å². The number of carbonyl (C=O) groups excluding carboxylic acids is 1. The Morgan fingerprint density at radius 2 is 2.14 bits per heavy atom. The molecule has 0 atom stereocenters. The van der Waals surface area contributed by atoms with Crippen molar-refractivity contribution >= 4 is 39.2 Å². The van der Waals surface area contributed by atoms with E-state index in [-0.39, 0.29) is 5.91 Å². The molecule has 1 fully saturated rings. The maximum atomic E-state index is 12.2. The maximum Gasteiger partial charge on any atom is 0.233 e. The first-order valence-electron chi connectivity index (χ1n) is 7.02. The maximum absolute atomic E-state index is 12.2. The topological polar surface area (TPSA) is 53.4 Å². The summed E-state index contributed by atoms with van der Waals surface area (Å²) in [5.74, 6) is 0.553. The second-order valence-electron chi connectivity index (χ2n) is 5.61. The Hall–Kier alpha value is -1.11. The van der Waals surface area contributed by atoms with E-state index >= 15 is 0 Å². The van der Waals surface area contributed by atoms with Gasteiger partial charge in [0.05, 0.1) is 21.6 Å². The van der Waals surface area contributed by atoms with Crippen molar-refractivity contribution in [3.8, 4) is 0 Å². The number of aromatic nitrogens is 1. The molecule has 1 aromatic heterocycles. The normalized spacial score (nSPS) is 18.1. The van der Waals surface area contributed by atoms with Crippen molar-refractivity contribution in [3.05, 3.63) is 24.3 Å². The van der Waals surface area contributed by atoms with Crippen LogP contribution in [-0.2, 0) is 4.79 Å². The Balaban J connectivity index is 1.56. The number of amides is 1. The second-order valence-corrected chi connectivity index (χ2v) is 7.87. The van der Waals surface area contributed by atoms with Crippen molar-refractivity contribution < 1.29 is 9.90 Å². The molecule has 1 N–H and O–H groups in total. The number of aliphatic hydroxyl groups is 1. The van der Waals surface area contributed by atoms with Crippen LogP contribution in [0.25, 0.3) is 10.2 Å². The number of para-hydroxylation sites is 1. The number of carbonyl (C=O) groups is 1. The van der Waals surface area contributed by atoms with Gasteiger partial charge in [-0.1, -0.05) is 23.9 Å². The molecule has 1 amide bonds. The van der Waals surface area contributed by atoms with E-state index in [1.807, 2.05) is 36.1 Å². The molecule has 1 saturated heterocycles. The Kier molecular flexibility index (Phi) is 4.19. The number of piperidine rings is 1. The Morgan fingerprint density at radius 1 is 1.43 bits per heavy atom. The van der Waals surface area contributed by atoms with Gasteiger partial charge in [-0.2, -0.15) is 0 Å². The molecule has 6 heteroatoms.